The molecule has 1 aromatic heterocycles. The lowest BCUT2D eigenvalue weighted by Gasteiger charge is -2.11. The number of aryl methyl sites for hydroxylation is 1. The second kappa shape index (κ2) is 5.23. The van der Waals surface area contributed by atoms with Crippen LogP contribution in [-0.4, -0.2) is 4.57 Å². The van der Waals surface area contributed by atoms with Crippen molar-refractivity contribution in [3.05, 3.63) is 77.0 Å². The van der Waals surface area contributed by atoms with Gasteiger partial charge in [-0.2, -0.15) is 0 Å². The van der Waals surface area contributed by atoms with Crippen LogP contribution >= 0.6 is 0 Å². The normalized spacial score (nSPS) is 16.7. The van der Waals surface area contributed by atoms with Crippen LogP contribution in [0, 0.1) is 5.92 Å². The number of hydrogen-bond acceptors (Lipinski definition) is 0. The van der Waals surface area contributed by atoms with Gasteiger partial charge < -0.3 is 4.57 Å². The summed E-state index contributed by atoms with van der Waals surface area (Å²) in [4.78, 5) is 0. The third kappa shape index (κ3) is 2.08. The Morgan fingerprint density at radius 2 is 1.56 bits per heavy atom. The molecule has 25 heavy (non-hydrogen) atoms. The Hall–Kier alpha value is -2.54. The van der Waals surface area contributed by atoms with Crippen LogP contribution in [0.5, 0.6) is 0 Å². The molecular weight excluding hydrogens is 302 g/mol. The Labute approximate surface area is 149 Å². The van der Waals surface area contributed by atoms with Crippen molar-refractivity contribution < 1.29 is 0 Å². The Morgan fingerprint density at radius 1 is 0.880 bits per heavy atom. The van der Waals surface area contributed by atoms with E-state index < -0.39 is 0 Å². The number of allylic oxidation sites excluding steroid dienone is 4. The number of nitrogens with zero attached hydrogens (tertiary/aromatic N) is 1. The molecule has 0 saturated heterocycles. The van der Waals surface area contributed by atoms with Crippen LogP contribution in [0.15, 0.2) is 60.3 Å². The fraction of sp³-hybridized carbons (Fsp3) is 0.250. The summed E-state index contributed by atoms with van der Waals surface area (Å²) in [5.74, 6) is 0.729. The van der Waals surface area contributed by atoms with Gasteiger partial charge in [-0.15, -0.1) is 0 Å². The van der Waals surface area contributed by atoms with Gasteiger partial charge in [0.25, 0.3) is 0 Å². The van der Waals surface area contributed by atoms with E-state index in [9.17, 15) is 0 Å². The Morgan fingerprint density at radius 3 is 2.28 bits per heavy atom. The number of hydrogen-bond donors (Lipinski definition) is 0. The number of para-hydroxylation sites is 1. The highest BCUT2D eigenvalue weighted by Gasteiger charge is 2.37. The maximum Gasteiger partial charge on any atom is 0.0484 e. The molecule has 0 bridgehead atoms. The van der Waals surface area contributed by atoms with E-state index in [4.69, 9.17) is 0 Å². The molecule has 1 fully saturated rings. The largest absolute Gasteiger partial charge is 0.350 e. The van der Waals surface area contributed by atoms with Gasteiger partial charge in [0.2, 0.25) is 0 Å². The van der Waals surface area contributed by atoms with Crippen molar-refractivity contribution in [3.63, 3.8) is 0 Å². The molecule has 0 atom stereocenters. The molecule has 0 amide bonds. The summed E-state index contributed by atoms with van der Waals surface area (Å²) in [5, 5.41) is 1.37. The second-order valence-electron chi connectivity index (χ2n) is 7.65. The van der Waals surface area contributed by atoms with Crippen molar-refractivity contribution in [1.29, 1.82) is 0 Å². The molecule has 124 valence electrons. The van der Waals surface area contributed by atoms with Gasteiger partial charge in [-0.3, -0.25) is 0 Å². The molecule has 0 spiro atoms. The maximum absolute atomic E-state index is 2.33. The van der Waals surface area contributed by atoms with Crippen LogP contribution in [0.3, 0.4) is 0 Å². The lowest BCUT2D eigenvalue weighted by Crippen LogP contribution is -1.89. The molecule has 1 saturated carbocycles. The van der Waals surface area contributed by atoms with E-state index >= 15 is 0 Å². The molecule has 3 aromatic rings. The fourth-order valence-electron chi connectivity index (χ4n) is 4.48. The molecule has 1 heteroatoms. The zero-order valence-electron chi connectivity index (χ0n) is 15.1. The third-order valence-corrected chi connectivity index (χ3v) is 5.66. The molecule has 1 heterocycles. The molecule has 0 N–H and O–H groups in total. The summed E-state index contributed by atoms with van der Waals surface area (Å²) in [7, 11) is 2.16. The van der Waals surface area contributed by atoms with E-state index in [1.165, 1.54) is 57.2 Å². The first-order valence-electron chi connectivity index (χ1n) is 9.23. The average Bonchev–Trinajstić information content (AvgIpc) is 3.32. The molecule has 1 nitrogen and oxygen atoms in total. The van der Waals surface area contributed by atoms with Crippen molar-refractivity contribution in [1.82, 2.24) is 4.57 Å². The van der Waals surface area contributed by atoms with Crippen LogP contribution in [0.4, 0.5) is 0 Å². The van der Waals surface area contributed by atoms with E-state index in [0.29, 0.717) is 0 Å². The van der Waals surface area contributed by atoms with Crippen LogP contribution in [-0.2, 0) is 7.05 Å². The molecule has 2 aliphatic rings. The summed E-state index contributed by atoms with van der Waals surface area (Å²) in [6.45, 7) is 4.51. The predicted molar refractivity (Wildman–Crippen MR) is 107 cm³/mol. The maximum atomic E-state index is 2.33. The average molecular weight is 325 g/mol. The summed E-state index contributed by atoms with van der Waals surface area (Å²) in [5.41, 5.74) is 11.5. The second-order valence-corrected chi connectivity index (χ2v) is 7.65. The van der Waals surface area contributed by atoms with E-state index in [0.717, 1.165) is 5.92 Å². The van der Waals surface area contributed by atoms with Crippen LogP contribution in [0.2, 0.25) is 0 Å². The topological polar surface area (TPSA) is 4.93 Å². The summed E-state index contributed by atoms with van der Waals surface area (Å²) >= 11 is 0. The van der Waals surface area contributed by atoms with Gasteiger partial charge in [0.15, 0.2) is 0 Å². The Balaban J connectivity index is 1.89. The first kappa shape index (κ1) is 14.8. The van der Waals surface area contributed by atoms with Crippen LogP contribution in [0.1, 0.15) is 43.4 Å². The summed E-state index contributed by atoms with van der Waals surface area (Å²) in [6, 6.07) is 17.8. The molecule has 5 rings (SSSR count). The highest BCUT2D eigenvalue weighted by molar-refractivity contribution is 6.25. The Kier molecular flexibility index (Phi) is 3.09. The van der Waals surface area contributed by atoms with Gasteiger partial charge in [0.05, 0.1) is 0 Å². The van der Waals surface area contributed by atoms with Crippen molar-refractivity contribution in [2.24, 2.45) is 13.0 Å². The van der Waals surface area contributed by atoms with Gasteiger partial charge in [0, 0.05) is 29.7 Å². The van der Waals surface area contributed by atoms with Gasteiger partial charge in [-0.25, -0.2) is 0 Å². The van der Waals surface area contributed by atoms with Crippen LogP contribution < -0.4 is 0 Å². The van der Waals surface area contributed by atoms with Gasteiger partial charge >= 0.3 is 0 Å². The van der Waals surface area contributed by atoms with Gasteiger partial charge in [-0.05, 0) is 66.5 Å². The fourth-order valence-corrected chi connectivity index (χ4v) is 4.48. The minimum Gasteiger partial charge on any atom is -0.350 e. The van der Waals surface area contributed by atoms with Gasteiger partial charge in [-0.1, -0.05) is 48.0 Å². The van der Waals surface area contributed by atoms with Crippen molar-refractivity contribution >= 4 is 27.6 Å². The zero-order chi connectivity index (χ0) is 17.1. The quantitative estimate of drug-likeness (QED) is 0.520. The first-order chi connectivity index (χ1) is 12.2. The number of benzene rings is 2. The number of aromatic nitrogens is 1. The standard InChI is InChI=1S/C24H23N/c1-15(2)22-18-9-4-5-10-19(18)23(16-12-13-16)24(22)20-14-25(3)21-11-7-6-8-17(20)21/h4-11,14,16H,12-13H2,1-3H3. The summed E-state index contributed by atoms with van der Waals surface area (Å²) in [6.07, 6.45) is 4.99. The Bertz CT molecular complexity index is 1070. The SMILES string of the molecule is CC(C)=C1C(c2cn(C)c3ccccc23)=C(C2CC2)c2ccccc21. The number of fused-ring (bicyclic) bond motifs is 2. The first-order valence-corrected chi connectivity index (χ1v) is 9.23. The monoisotopic (exact) mass is 325 g/mol. The number of rotatable bonds is 2. The van der Waals surface area contributed by atoms with Crippen molar-refractivity contribution in [2.45, 2.75) is 26.7 Å². The van der Waals surface area contributed by atoms with E-state index in [1.54, 1.807) is 5.57 Å². The predicted octanol–water partition coefficient (Wildman–Crippen LogP) is 6.31. The van der Waals surface area contributed by atoms with Crippen molar-refractivity contribution in [3.8, 4) is 0 Å². The van der Waals surface area contributed by atoms with E-state index in [-0.39, 0.29) is 0 Å². The molecule has 2 aromatic carbocycles. The molecule has 0 aliphatic heterocycles. The highest BCUT2D eigenvalue weighted by Crippen LogP contribution is 2.56. The molecule has 2 aliphatic carbocycles. The minimum absolute atomic E-state index is 0.729. The summed E-state index contributed by atoms with van der Waals surface area (Å²) < 4.78 is 2.27. The van der Waals surface area contributed by atoms with Crippen molar-refractivity contribution in [2.75, 3.05) is 0 Å². The lowest BCUT2D eigenvalue weighted by atomic mass is 9.92. The minimum atomic E-state index is 0.729. The third-order valence-electron chi connectivity index (χ3n) is 5.66. The zero-order valence-corrected chi connectivity index (χ0v) is 15.1. The molecule has 0 unspecified atom stereocenters. The van der Waals surface area contributed by atoms with Gasteiger partial charge in [0.1, 0.15) is 0 Å². The van der Waals surface area contributed by atoms with E-state index in [2.05, 4.69) is 80.2 Å². The molecule has 0 radical (unpaired) electrons. The van der Waals surface area contributed by atoms with Crippen LogP contribution in [0.25, 0.3) is 27.6 Å². The lowest BCUT2D eigenvalue weighted by molar-refractivity contribution is 0.967. The smallest absolute Gasteiger partial charge is 0.0484 e. The van der Waals surface area contributed by atoms with E-state index in [1.807, 2.05) is 0 Å². The highest BCUT2D eigenvalue weighted by atomic mass is 14.9. The molecular formula is C24H23N.